The average molecular weight is 330 g/mol. The summed E-state index contributed by atoms with van der Waals surface area (Å²) in [5.41, 5.74) is 0.380. The number of rotatable bonds is 3. The van der Waals surface area contributed by atoms with E-state index in [0.717, 1.165) is 19.3 Å². The number of carbonyl (C=O) groups is 1. The summed E-state index contributed by atoms with van der Waals surface area (Å²) < 4.78 is 11.3. The Morgan fingerprint density at radius 1 is 1.29 bits per heavy atom. The number of anilines is 1. The molecule has 2 heterocycles. The molecule has 1 aliphatic heterocycles. The van der Waals surface area contributed by atoms with Crippen LogP contribution in [0.25, 0.3) is 0 Å². The van der Waals surface area contributed by atoms with Crippen LogP contribution in [0, 0.1) is 5.41 Å². The smallest absolute Gasteiger partial charge is 0.335 e. The maximum atomic E-state index is 12.8. The summed E-state index contributed by atoms with van der Waals surface area (Å²) in [6.07, 6.45) is 3.18. The van der Waals surface area contributed by atoms with Gasteiger partial charge in [0.2, 0.25) is 0 Å². The van der Waals surface area contributed by atoms with Crippen molar-refractivity contribution >= 4 is 11.7 Å². The third-order valence-corrected chi connectivity index (χ3v) is 4.58. The summed E-state index contributed by atoms with van der Waals surface area (Å²) in [5, 5.41) is 11.9. The number of nitrogens with zero attached hydrogens (tertiary/aromatic N) is 3. The number of methoxy groups -OCH3 is 1. The van der Waals surface area contributed by atoms with E-state index in [2.05, 4.69) is 24.0 Å². The molecule has 1 aliphatic rings. The number of ether oxygens (including phenoxy) is 1. The van der Waals surface area contributed by atoms with Gasteiger partial charge in [-0.3, -0.25) is 10.3 Å². The lowest BCUT2D eigenvalue weighted by molar-refractivity contribution is -0.640. The molecule has 128 valence electrons. The van der Waals surface area contributed by atoms with Gasteiger partial charge >= 0.3 is 11.7 Å². The first kappa shape index (κ1) is 16.3. The van der Waals surface area contributed by atoms with Gasteiger partial charge in [0.05, 0.1) is 24.8 Å². The SMILES string of the molecule is COc1ccc(C(=O)[n+]2[n-]oc(=N)c2N2[C@H](C)CCC[C@@H]2C)cc1. The molecule has 2 aromatic rings. The summed E-state index contributed by atoms with van der Waals surface area (Å²) in [6.45, 7) is 4.20. The highest BCUT2D eigenvalue weighted by Crippen LogP contribution is 2.25. The second kappa shape index (κ2) is 6.51. The molecule has 0 amide bonds. The van der Waals surface area contributed by atoms with Crippen LogP contribution >= 0.6 is 0 Å². The zero-order chi connectivity index (χ0) is 17.3. The van der Waals surface area contributed by atoms with E-state index in [0.29, 0.717) is 17.1 Å². The number of nitrogens with one attached hydrogen (secondary N) is 1. The molecule has 7 nitrogen and oxygen atoms in total. The predicted molar refractivity (Wildman–Crippen MR) is 86.1 cm³/mol. The van der Waals surface area contributed by atoms with Crippen LogP contribution in [0.5, 0.6) is 5.75 Å². The Labute approximate surface area is 140 Å². The highest BCUT2D eigenvalue weighted by atomic mass is 16.5. The van der Waals surface area contributed by atoms with Crippen molar-refractivity contribution in [2.24, 2.45) is 0 Å². The quantitative estimate of drug-likeness (QED) is 0.862. The Hall–Kier alpha value is -2.57. The summed E-state index contributed by atoms with van der Waals surface area (Å²) in [6, 6.07) is 7.26. The zero-order valence-electron chi connectivity index (χ0n) is 14.2. The monoisotopic (exact) mass is 330 g/mol. The Morgan fingerprint density at radius 3 is 2.50 bits per heavy atom. The summed E-state index contributed by atoms with van der Waals surface area (Å²) in [7, 11) is 1.58. The van der Waals surface area contributed by atoms with Gasteiger partial charge in [-0.2, -0.15) is 0 Å². The largest absolute Gasteiger partial charge is 0.505 e. The van der Waals surface area contributed by atoms with E-state index in [-0.39, 0.29) is 23.5 Å². The molecule has 1 aromatic carbocycles. The second-order valence-electron chi connectivity index (χ2n) is 6.21. The minimum Gasteiger partial charge on any atom is -0.505 e. The predicted octanol–water partition coefficient (Wildman–Crippen LogP) is 1.47. The third-order valence-electron chi connectivity index (χ3n) is 4.58. The van der Waals surface area contributed by atoms with Crippen molar-refractivity contribution in [3.63, 3.8) is 0 Å². The van der Waals surface area contributed by atoms with Crippen LogP contribution in [0.1, 0.15) is 43.5 Å². The van der Waals surface area contributed by atoms with Crippen LogP contribution in [0.3, 0.4) is 0 Å². The first-order chi connectivity index (χ1) is 11.5. The van der Waals surface area contributed by atoms with Gasteiger partial charge in [0, 0.05) is 0 Å². The van der Waals surface area contributed by atoms with E-state index < -0.39 is 0 Å². The van der Waals surface area contributed by atoms with Crippen LogP contribution in [-0.4, -0.2) is 25.1 Å². The first-order valence-corrected chi connectivity index (χ1v) is 8.13. The molecule has 1 aromatic heterocycles. The standard InChI is InChI=1S/C17H22N4O3/c1-11-5-4-6-12(2)20(11)16-15(18)24-19-21(16)17(22)13-7-9-14(23-3)10-8-13/h7-12,18H,4-6H2,1-3H3/t11-,12+. The molecule has 0 radical (unpaired) electrons. The molecule has 0 unspecified atom stereocenters. The maximum Gasteiger partial charge on any atom is 0.335 e. The van der Waals surface area contributed by atoms with Crippen molar-refractivity contribution < 1.29 is 18.7 Å². The lowest BCUT2D eigenvalue weighted by atomic mass is 9.98. The molecular formula is C17H22N4O3. The van der Waals surface area contributed by atoms with Crippen molar-refractivity contribution in [2.45, 2.75) is 45.2 Å². The fourth-order valence-corrected chi connectivity index (χ4v) is 3.31. The molecule has 1 saturated heterocycles. The van der Waals surface area contributed by atoms with Crippen molar-refractivity contribution in [1.29, 1.82) is 5.41 Å². The van der Waals surface area contributed by atoms with E-state index in [1.807, 2.05) is 0 Å². The Balaban J connectivity index is 2.00. The molecule has 1 N–H and O–H groups in total. The normalized spacial score (nSPS) is 20.9. The molecule has 0 spiro atoms. The third kappa shape index (κ3) is 2.81. The highest BCUT2D eigenvalue weighted by Gasteiger charge is 2.36. The van der Waals surface area contributed by atoms with E-state index in [9.17, 15) is 4.79 Å². The number of benzene rings is 1. The van der Waals surface area contributed by atoms with Crippen molar-refractivity contribution in [1.82, 2.24) is 5.27 Å². The van der Waals surface area contributed by atoms with Crippen LogP contribution in [0.4, 0.5) is 5.82 Å². The molecule has 7 heteroatoms. The Kier molecular flexibility index (Phi) is 4.42. The fourth-order valence-electron chi connectivity index (χ4n) is 3.31. The Bertz CT molecular complexity index is 768. The van der Waals surface area contributed by atoms with Crippen molar-refractivity contribution in [2.75, 3.05) is 12.0 Å². The van der Waals surface area contributed by atoms with Gasteiger partial charge in [0.1, 0.15) is 5.75 Å². The fraction of sp³-hybridized carbons (Fsp3) is 0.471. The van der Waals surface area contributed by atoms with E-state index in [4.69, 9.17) is 14.7 Å². The van der Waals surface area contributed by atoms with Gasteiger partial charge in [-0.05, 0) is 57.4 Å². The minimum atomic E-state index is -0.320. The maximum absolute atomic E-state index is 12.8. The van der Waals surface area contributed by atoms with Crippen molar-refractivity contribution in [3.05, 3.63) is 35.4 Å². The van der Waals surface area contributed by atoms with Gasteiger partial charge in [0.15, 0.2) is 0 Å². The summed E-state index contributed by atoms with van der Waals surface area (Å²) in [4.78, 5) is 14.9. The molecule has 1 fully saturated rings. The van der Waals surface area contributed by atoms with Gasteiger partial charge in [-0.1, -0.05) is 0 Å². The molecule has 3 rings (SSSR count). The summed E-state index contributed by atoms with van der Waals surface area (Å²) >= 11 is 0. The number of hydrogen-bond acceptors (Lipinski definition) is 5. The first-order valence-electron chi connectivity index (χ1n) is 8.13. The second-order valence-corrected chi connectivity index (χ2v) is 6.21. The van der Waals surface area contributed by atoms with E-state index in [1.54, 1.807) is 31.4 Å². The molecule has 2 atom stereocenters. The topological polar surface area (TPSA) is 84.5 Å². The van der Waals surface area contributed by atoms with E-state index in [1.165, 1.54) is 4.68 Å². The lowest BCUT2D eigenvalue weighted by Gasteiger charge is -2.33. The molecule has 24 heavy (non-hydrogen) atoms. The molecule has 0 bridgehead atoms. The molecular weight excluding hydrogens is 308 g/mol. The molecule has 0 aliphatic carbocycles. The molecule has 0 saturated carbocycles. The number of hydrogen-bond donors (Lipinski definition) is 1. The number of aromatic nitrogens is 2. The minimum absolute atomic E-state index is 0.0857. The number of piperidine rings is 1. The van der Waals surface area contributed by atoms with Crippen molar-refractivity contribution in [3.8, 4) is 5.75 Å². The lowest BCUT2D eigenvalue weighted by Crippen LogP contribution is -2.56. The van der Waals surface area contributed by atoms with Crippen LogP contribution in [-0.2, 0) is 0 Å². The van der Waals surface area contributed by atoms with Gasteiger partial charge in [-0.15, -0.1) is 0 Å². The van der Waals surface area contributed by atoms with Crippen LogP contribution in [0.15, 0.2) is 28.8 Å². The number of carbonyl (C=O) groups excluding carboxylic acids is 1. The van der Waals surface area contributed by atoms with Gasteiger partial charge < -0.3 is 14.5 Å². The average Bonchev–Trinajstić information content (AvgIpc) is 2.96. The van der Waals surface area contributed by atoms with Crippen LogP contribution < -0.4 is 25.1 Å². The Morgan fingerprint density at radius 2 is 1.92 bits per heavy atom. The summed E-state index contributed by atoms with van der Waals surface area (Å²) in [5.74, 6) is 0.784. The van der Waals surface area contributed by atoms with Crippen LogP contribution in [0.2, 0.25) is 0 Å². The highest BCUT2D eigenvalue weighted by molar-refractivity contribution is 5.87. The van der Waals surface area contributed by atoms with Gasteiger partial charge in [-0.25, -0.2) is 9.48 Å². The van der Waals surface area contributed by atoms with Gasteiger partial charge in [0.25, 0.3) is 5.55 Å². The van der Waals surface area contributed by atoms with E-state index >= 15 is 0 Å². The zero-order valence-corrected chi connectivity index (χ0v) is 14.2.